The predicted molar refractivity (Wildman–Crippen MR) is 120 cm³/mol. The molecule has 0 radical (unpaired) electrons. The average molecular weight is 420 g/mol. The molecule has 1 amide bonds. The van der Waals surface area contributed by atoms with Crippen LogP contribution in [-0.4, -0.2) is 49.4 Å². The maximum absolute atomic E-state index is 13.2. The Balaban J connectivity index is 1.61. The number of hydrogen-bond donors (Lipinski definition) is 0. The number of anilines is 1. The van der Waals surface area contributed by atoms with Crippen LogP contribution in [-0.2, 0) is 4.79 Å². The zero-order chi connectivity index (χ0) is 22.2. The molecule has 0 spiro atoms. The van der Waals surface area contributed by atoms with E-state index in [1.54, 1.807) is 12.0 Å². The second-order valence-electron chi connectivity index (χ2n) is 7.81. The maximum Gasteiger partial charge on any atom is 0.244 e. The Morgan fingerprint density at radius 3 is 2.35 bits per heavy atom. The lowest BCUT2D eigenvalue weighted by Gasteiger charge is -2.37. The molecule has 0 bridgehead atoms. The normalized spacial score (nSPS) is 15.6. The summed E-state index contributed by atoms with van der Waals surface area (Å²) in [6, 6.07) is 18.5. The number of carbonyl (C=O) groups excluding carboxylic acids is 2. The van der Waals surface area contributed by atoms with Crippen molar-refractivity contribution in [1.29, 1.82) is 5.26 Å². The van der Waals surface area contributed by atoms with E-state index in [0.717, 1.165) is 24.3 Å². The Morgan fingerprint density at radius 1 is 1.13 bits per heavy atom. The van der Waals surface area contributed by atoms with E-state index < -0.39 is 0 Å². The van der Waals surface area contributed by atoms with Gasteiger partial charge in [0, 0.05) is 23.7 Å². The molecule has 0 aromatic heterocycles. The van der Waals surface area contributed by atoms with Gasteiger partial charge in [0.05, 0.1) is 25.6 Å². The molecule has 3 rings (SSSR count). The molecule has 2 aromatic rings. The smallest absolute Gasteiger partial charge is 0.244 e. The lowest BCUT2D eigenvalue weighted by atomic mass is 9.88. The Hall–Kier alpha value is -3.17. The number of carbonyl (C=O) groups is 2. The van der Waals surface area contributed by atoms with Gasteiger partial charge in [0.15, 0.2) is 5.78 Å². The van der Waals surface area contributed by atoms with Gasteiger partial charge in [0.2, 0.25) is 5.91 Å². The molecule has 1 heterocycles. The minimum atomic E-state index is -0.309. The number of methoxy groups -OCH3 is 1. The Labute approximate surface area is 184 Å². The van der Waals surface area contributed by atoms with Gasteiger partial charge in [0.1, 0.15) is 5.75 Å². The van der Waals surface area contributed by atoms with Crippen molar-refractivity contribution in [3.05, 3.63) is 60.2 Å². The molecule has 1 fully saturated rings. The molecule has 0 N–H and O–H groups in total. The first-order chi connectivity index (χ1) is 15.0. The minimum absolute atomic E-state index is 0.0126. The van der Waals surface area contributed by atoms with Crippen LogP contribution in [0.4, 0.5) is 5.69 Å². The number of rotatable bonds is 8. The van der Waals surface area contributed by atoms with Crippen LogP contribution in [0.1, 0.15) is 36.5 Å². The number of Topliss-reactive ketones (excluding diaryl/α,β-unsaturated/α-hetero) is 1. The molecule has 1 unspecified atom stereocenters. The van der Waals surface area contributed by atoms with Gasteiger partial charge < -0.3 is 9.64 Å². The predicted octanol–water partition coefficient (Wildman–Crippen LogP) is 3.93. The molecule has 0 saturated carbocycles. The van der Waals surface area contributed by atoms with E-state index in [9.17, 15) is 9.59 Å². The van der Waals surface area contributed by atoms with Crippen LogP contribution in [0, 0.1) is 17.2 Å². The number of piperidine rings is 1. The number of ketones is 1. The lowest BCUT2D eigenvalue weighted by Crippen LogP contribution is -2.50. The number of hydrogen-bond acceptors (Lipinski definition) is 5. The molecule has 1 saturated heterocycles. The van der Waals surface area contributed by atoms with Crippen LogP contribution in [0.5, 0.6) is 5.75 Å². The summed E-state index contributed by atoms with van der Waals surface area (Å²) in [6.45, 7) is 3.67. The van der Waals surface area contributed by atoms with Gasteiger partial charge in [-0.3, -0.25) is 14.5 Å². The van der Waals surface area contributed by atoms with Crippen LogP contribution in [0.25, 0.3) is 0 Å². The number of likely N-dealkylation sites (tertiary alicyclic amines) is 1. The fourth-order valence-electron chi connectivity index (χ4n) is 4.06. The molecule has 31 heavy (non-hydrogen) atoms. The molecular formula is C25H29N3O3. The zero-order valence-corrected chi connectivity index (χ0v) is 18.2. The van der Waals surface area contributed by atoms with Gasteiger partial charge in [-0.2, -0.15) is 5.26 Å². The zero-order valence-electron chi connectivity index (χ0n) is 18.2. The quantitative estimate of drug-likeness (QED) is 0.606. The second-order valence-corrected chi connectivity index (χ2v) is 7.81. The number of benzene rings is 2. The minimum Gasteiger partial charge on any atom is -0.497 e. The van der Waals surface area contributed by atoms with Crippen LogP contribution in [0.15, 0.2) is 54.6 Å². The highest BCUT2D eigenvalue weighted by Crippen LogP contribution is 2.25. The third-order valence-electron chi connectivity index (χ3n) is 5.96. The summed E-state index contributed by atoms with van der Waals surface area (Å²) in [7, 11) is 1.61. The fraction of sp³-hybridized carbons (Fsp3) is 0.400. The van der Waals surface area contributed by atoms with Crippen molar-refractivity contribution >= 4 is 17.4 Å². The Morgan fingerprint density at radius 2 is 1.77 bits per heavy atom. The van der Waals surface area contributed by atoms with Gasteiger partial charge in [-0.25, -0.2) is 0 Å². The third kappa shape index (κ3) is 5.50. The van der Waals surface area contributed by atoms with Crippen LogP contribution >= 0.6 is 0 Å². The Kier molecular flexibility index (Phi) is 7.80. The summed E-state index contributed by atoms with van der Waals surface area (Å²) in [5.41, 5.74) is 1.51. The van der Waals surface area contributed by atoms with E-state index in [4.69, 9.17) is 10.00 Å². The number of nitrogens with zero attached hydrogens (tertiary/aromatic N) is 3. The van der Waals surface area contributed by atoms with Gasteiger partial charge in [-0.15, -0.1) is 0 Å². The molecule has 162 valence electrons. The van der Waals surface area contributed by atoms with E-state index in [1.165, 1.54) is 0 Å². The van der Waals surface area contributed by atoms with Gasteiger partial charge >= 0.3 is 0 Å². The van der Waals surface area contributed by atoms with Crippen molar-refractivity contribution in [3.63, 3.8) is 0 Å². The van der Waals surface area contributed by atoms with Crippen molar-refractivity contribution in [1.82, 2.24) is 4.90 Å². The van der Waals surface area contributed by atoms with E-state index in [1.807, 2.05) is 61.5 Å². The Bertz CT molecular complexity index is 913. The molecule has 0 aliphatic carbocycles. The maximum atomic E-state index is 13.2. The molecule has 6 heteroatoms. The van der Waals surface area contributed by atoms with E-state index in [0.29, 0.717) is 25.2 Å². The SMILES string of the molecule is COc1ccc(C(=O)C2CCN(C(C)C(=O)N(CCC#N)c3ccccc3)CC2)cc1. The van der Waals surface area contributed by atoms with Gasteiger partial charge in [0.25, 0.3) is 0 Å². The summed E-state index contributed by atoms with van der Waals surface area (Å²) < 4.78 is 5.16. The summed E-state index contributed by atoms with van der Waals surface area (Å²) in [5, 5.41) is 9.00. The molecule has 1 aliphatic rings. The topological polar surface area (TPSA) is 73.6 Å². The second kappa shape index (κ2) is 10.7. The van der Waals surface area contributed by atoms with Crippen LogP contribution in [0.2, 0.25) is 0 Å². The molecule has 2 aromatic carbocycles. The monoisotopic (exact) mass is 419 g/mol. The van der Waals surface area contributed by atoms with Crippen molar-refractivity contribution in [2.75, 3.05) is 31.6 Å². The summed E-state index contributed by atoms with van der Waals surface area (Å²) >= 11 is 0. The highest BCUT2D eigenvalue weighted by Gasteiger charge is 2.32. The summed E-state index contributed by atoms with van der Waals surface area (Å²) in [4.78, 5) is 29.9. The molecule has 1 aliphatic heterocycles. The van der Waals surface area contributed by atoms with E-state index >= 15 is 0 Å². The van der Waals surface area contributed by atoms with Crippen LogP contribution < -0.4 is 9.64 Å². The molecule has 6 nitrogen and oxygen atoms in total. The number of ether oxygens (including phenoxy) is 1. The van der Waals surface area contributed by atoms with Gasteiger partial charge in [-0.1, -0.05) is 18.2 Å². The largest absolute Gasteiger partial charge is 0.497 e. The summed E-state index contributed by atoms with van der Waals surface area (Å²) in [5.74, 6) is 0.844. The van der Waals surface area contributed by atoms with Crippen molar-refractivity contribution in [2.45, 2.75) is 32.2 Å². The summed E-state index contributed by atoms with van der Waals surface area (Å²) in [6.07, 6.45) is 1.74. The standard InChI is InChI=1S/C25H29N3O3/c1-19(25(30)28(16-6-15-26)22-7-4-3-5-8-22)27-17-13-21(14-18-27)24(29)20-9-11-23(31-2)12-10-20/h3-5,7-12,19,21H,6,13-14,16-18H2,1-2H3. The first-order valence-electron chi connectivity index (χ1n) is 10.7. The van der Waals surface area contributed by atoms with E-state index in [-0.39, 0.29) is 30.1 Å². The lowest BCUT2D eigenvalue weighted by molar-refractivity contribution is -0.123. The van der Waals surface area contributed by atoms with Gasteiger partial charge in [-0.05, 0) is 69.3 Å². The molecular weight excluding hydrogens is 390 g/mol. The first kappa shape index (κ1) is 22.5. The molecule has 1 atom stereocenters. The van der Waals surface area contributed by atoms with Crippen molar-refractivity contribution in [2.24, 2.45) is 5.92 Å². The first-order valence-corrected chi connectivity index (χ1v) is 10.7. The number of nitriles is 1. The highest BCUT2D eigenvalue weighted by atomic mass is 16.5. The van der Waals surface area contributed by atoms with Crippen LogP contribution in [0.3, 0.4) is 0 Å². The number of amides is 1. The highest BCUT2D eigenvalue weighted by molar-refractivity contribution is 5.98. The number of para-hydroxylation sites is 1. The van der Waals surface area contributed by atoms with Crippen molar-refractivity contribution in [3.8, 4) is 11.8 Å². The van der Waals surface area contributed by atoms with Crippen molar-refractivity contribution < 1.29 is 14.3 Å². The van der Waals surface area contributed by atoms with E-state index in [2.05, 4.69) is 11.0 Å². The average Bonchev–Trinajstić information content (AvgIpc) is 2.84. The fourth-order valence-corrected chi connectivity index (χ4v) is 4.06. The third-order valence-corrected chi connectivity index (χ3v) is 5.96.